The Balaban J connectivity index is 1.34. The van der Waals surface area contributed by atoms with E-state index in [1.165, 1.54) is 0 Å². The molecule has 0 radical (unpaired) electrons. The molecule has 3 aromatic heterocycles. The van der Waals surface area contributed by atoms with Gasteiger partial charge in [-0.25, -0.2) is 4.98 Å². The summed E-state index contributed by atoms with van der Waals surface area (Å²) < 4.78 is 3.46. The summed E-state index contributed by atoms with van der Waals surface area (Å²) in [6.07, 6.45) is 1.68. The van der Waals surface area contributed by atoms with Gasteiger partial charge in [-0.1, -0.05) is 65.7 Å². The van der Waals surface area contributed by atoms with Crippen molar-refractivity contribution < 1.29 is 9.90 Å². The van der Waals surface area contributed by atoms with Crippen LogP contribution in [0.25, 0.3) is 33.5 Å². The van der Waals surface area contributed by atoms with Gasteiger partial charge < -0.3 is 14.2 Å². The first-order valence-electron chi connectivity index (χ1n) is 12.0. The first-order valence-corrected chi connectivity index (χ1v) is 12.8. The highest BCUT2D eigenvalue weighted by Crippen LogP contribution is 2.39. The van der Waals surface area contributed by atoms with Crippen molar-refractivity contribution in [2.45, 2.75) is 13.1 Å². The quantitative estimate of drug-likeness (QED) is 0.216. The number of carbonyl (C=O) groups is 1. The molecule has 39 heavy (non-hydrogen) atoms. The van der Waals surface area contributed by atoms with Crippen molar-refractivity contribution in [3.63, 3.8) is 0 Å². The fourth-order valence-corrected chi connectivity index (χ4v) is 4.87. The zero-order valence-corrected chi connectivity index (χ0v) is 21.9. The molecule has 0 aliphatic carbocycles. The number of nitrogens with zero attached hydrogens (tertiary/aromatic N) is 6. The highest BCUT2D eigenvalue weighted by molar-refractivity contribution is 6.42. The van der Waals surface area contributed by atoms with Gasteiger partial charge in [-0.3, -0.25) is 9.78 Å². The predicted molar refractivity (Wildman–Crippen MR) is 152 cm³/mol. The second kappa shape index (κ2) is 10.3. The molecule has 0 atom stereocenters. The number of rotatable bonds is 6. The average molecular weight is 555 g/mol. The largest absolute Gasteiger partial charge is 0.493 e. The summed E-state index contributed by atoms with van der Waals surface area (Å²) in [7, 11) is 0. The lowest BCUT2D eigenvalue weighted by atomic mass is 10.2. The van der Waals surface area contributed by atoms with Crippen LogP contribution in [0, 0.1) is 0 Å². The molecule has 0 saturated carbocycles. The Kier molecular flexibility index (Phi) is 6.56. The maximum atomic E-state index is 13.1. The van der Waals surface area contributed by atoms with Crippen LogP contribution < -0.4 is 0 Å². The zero-order chi connectivity index (χ0) is 26.9. The number of amides is 1. The molecule has 0 aliphatic rings. The van der Waals surface area contributed by atoms with E-state index in [-0.39, 0.29) is 18.1 Å². The number of halogens is 2. The number of para-hydroxylation sites is 3. The molecule has 10 heteroatoms. The normalized spacial score (nSPS) is 11.6. The third kappa shape index (κ3) is 4.76. The molecule has 0 fully saturated rings. The van der Waals surface area contributed by atoms with E-state index in [1.54, 1.807) is 27.5 Å². The topological polar surface area (TPSA) is 97.7 Å². The molecular weight excluding hydrogens is 535 g/mol. The Morgan fingerprint density at radius 3 is 2.44 bits per heavy atom. The third-order valence-electron chi connectivity index (χ3n) is 6.35. The van der Waals surface area contributed by atoms with Gasteiger partial charge in [-0.15, -0.1) is 10.2 Å². The fraction of sp³-hybridized carbons (Fsp3) is 0.0690. The van der Waals surface area contributed by atoms with Crippen LogP contribution in [0.3, 0.4) is 0 Å². The summed E-state index contributed by atoms with van der Waals surface area (Å²) in [6.45, 7) is 0.222. The van der Waals surface area contributed by atoms with Crippen LogP contribution in [-0.4, -0.2) is 30.1 Å². The number of aromatic hydroxyl groups is 1. The van der Waals surface area contributed by atoms with Gasteiger partial charge in [0, 0.05) is 11.6 Å². The number of carbonyl (C=O) groups excluding carboxylic acids is 1. The fourth-order valence-electron chi connectivity index (χ4n) is 4.55. The Labute approximate surface area is 232 Å². The monoisotopic (exact) mass is 554 g/mol. The number of benzene rings is 3. The molecule has 0 aliphatic heterocycles. The minimum absolute atomic E-state index is 0.0986. The molecule has 0 bridgehead atoms. The number of pyridine rings is 1. The highest BCUT2D eigenvalue weighted by atomic mass is 35.5. The molecule has 1 amide bonds. The lowest BCUT2D eigenvalue weighted by Crippen LogP contribution is -2.09. The van der Waals surface area contributed by atoms with Crippen LogP contribution in [-0.2, 0) is 17.9 Å². The average Bonchev–Trinajstić information content (AvgIpc) is 3.45. The van der Waals surface area contributed by atoms with Crippen molar-refractivity contribution in [2.75, 3.05) is 0 Å². The van der Waals surface area contributed by atoms with Gasteiger partial charge in [-0.05, 0) is 48.0 Å². The van der Waals surface area contributed by atoms with E-state index in [0.717, 1.165) is 22.1 Å². The number of aromatic nitrogens is 4. The first-order chi connectivity index (χ1) is 19.0. The van der Waals surface area contributed by atoms with E-state index in [1.807, 2.05) is 72.8 Å². The summed E-state index contributed by atoms with van der Waals surface area (Å²) in [5.41, 5.74) is 3.95. The molecule has 0 spiro atoms. The Morgan fingerprint density at radius 1 is 0.872 bits per heavy atom. The maximum Gasteiger partial charge on any atom is 0.284 e. The summed E-state index contributed by atoms with van der Waals surface area (Å²) >= 11 is 12.2. The van der Waals surface area contributed by atoms with Gasteiger partial charge in [0.05, 0.1) is 33.1 Å². The van der Waals surface area contributed by atoms with Crippen molar-refractivity contribution in [3.05, 3.63) is 107 Å². The second-order valence-electron chi connectivity index (χ2n) is 8.84. The van der Waals surface area contributed by atoms with Crippen molar-refractivity contribution in [1.82, 2.24) is 19.1 Å². The van der Waals surface area contributed by atoms with Gasteiger partial charge in [0.15, 0.2) is 11.5 Å². The molecule has 1 N–H and O–H groups in total. The van der Waals surface area contributed by atoms with Gasteiger partial charge in [0.2, 0.25) is 5.88 Å². The maximum absolute atomic E-state index is 13.1. The first kappa shape index (κ1) is 24.8. The van der Waals surface area contributed by atoms with Gasteiger partial charge >= 0.3 is 0 Å². The Morgan fingerprint density at radius 2 is 1.64 bits per heavy atom. The smallest absolute Gasteiger partial charge is 0.284 e. The van der Waals surface area contributed by atoms with Crippen molar-refractivity contribution in [2.24, 2.45) is 10.2 Å². The summed E-state index contributed by atoms with van der Waals surface area (Å²) in [6, 6.07) is 25.7. The number of imidazole rings is 1. The minimum atomic E-state index is -0.504. The zero-order valence-electron chi connectivity index (χ0n) is 20.4. The summed E-state index contributed by atoms with van der Waals surface area (Å²) in [5.74, 6) is -0.0569. The standard InChI is InChI=1S/C29H20Cl2N6O2/c30-20-13-12-18(15-21(20)31)16-37-24-10-3-1-7-19(24)27(29(37)39)35-34-26(38)17-36-25-11-4-2-8-22(25)33-28(36)23-9-5-6-14-32-23/h1-15,39H,16-17H2. The molecule has 3 aromatic carbocycles. The highest BCUT2D eigenvalue weighted by Gasteiger charge is 2.19. The van der Waals surface area contributed by atoms with Crippen LogP contribution in [0.1, 0.15) is 5.56 Å². The molecule has 192 valence electrons. The van der Waals surface area contributed by atoms with Gasteiger partial charge in [0.1, 0.15) is 12.2 Å². The van der Waals surface area contributed by atoms with Crippen LogP contribution in [0.2, 0.25) is 10.0 Å². The van der Waals surface area contributed by atoms with Crippen molar-refractivity contribution >= 4 is 56.7 Å². The third-order valence-corrected chi connectivity index (χ3v) is 7.08. The molecule has 6 rings (SSSR count). The SMILES string of the molecule is O=C(Cn1c(-c2ccccn2)nc2ccccc21)N=Nc1c(O)n(Cc2ccc(Cl)c(Cl)c2)c2ccccc12. The van der Waals surface area contributed by atoms with E-state index in [2.05, 4.69) is 20.2 Å². The Hall–Kier alpha value is -4.53. The molecular formula is C29H20Cl2N6O2. The predicted octanol–water partition coefficient (Wildman–Crippen LogP) is 7.42. The van der Waals surface area contributed by atoms with E-state index >= 15 is 0 Å². The second-order valence-corrected chi connectivity index (χ2v) is 9.66. The lowest BCUT2D eigenvalue weighted by Gasteiger charge is -2.08. The van der Waals surface area contributed by atoms with Gasteiger partial charge in [-0.2, -0.15) is 0 Å². The van der Waals surface area contributed by atoms with E-state index < -0.39 is 5.91 Å². The van der Waals surface area contributed by atoms with Crippen molar-refractivity contribution in [3.8, 4) is 17.4 Å². The molecule has 0 unspecified atom stereocenters. The number of fused-ring (bicyclic) bond motifs is 2. The number of hydrogen-bond donors (Lipinski definition) is 1. The minimum Gasteiger partial charge on any atom is -0.493 e. The van der Waals surface area contributed by atoms with E-state index in [4.69, 9.17) is 23.2 Å². The Bertz CT molecular complexity index is 1880. The number of azo groups is 1. The van der Waals surface area contributed by atoms with Crippen LogP contribution in [0.15, 0.2) is 101 Å². The van der Waals surface area contributed by atoms with Crippen LogP contribution in [0.4, 0.5) is 5.69 Å². The number of hydrogen-bond acceptors (Lipinski definition) is 5. The molecule has 3 heterocycles. The van der Waals surface area contributed by atoms with Crippen LogP contribution in [0.5, 0.6) is 5.88 Å². The van der Waals surface area contributed by atoms with Crippen LogP contribution >= 0.6 is 23.2 Å². The molecule has 0 saturated heterocycles. The summed E-state index contributed by atoms with van der Waals surface area (Å²) in [4.78, 5) is 22.2. The molecule has 6 aromatic rings. The summed E-state index contributed by atoms with van der Waals surface area (Å²) in [5, 5.41) is 20.8. The van der Waals surface area contributed by atoms with E-state index in [0.29, 0.717) is 33.5 Å². The van der Waals surface area contributed by atoms with E-state index in [9.17, 15) is 9.90 Å². The lowest BCUT2D eigenvalue weighted by molar-refractivity contribution is -0.118. The van der Waals surface area contributed by atoms with Gasteiger partial charge in [0.25, 0.3) is 5.91 Å². The van der Waals surface area contributed by atoms with Crippen molar-refractivity contribution in [1.29, 1.82) is 0 Å². The molecule has 8 nitrogen and oxygen atoms in total.